The van der Waals surface area contributed by atoms with E-state index >= 15 is 0 Å². The van der Waals surface area contributed by atoms with Gasteiger partial charge in [0.05, 0.1) is 31.9 Å². The van der Waals surface area contributed by atoms with Gasteiger partial charge in [0.2, 0.25) is 0 Å². The maximum atomic E-state index is 14.2. The van der Waals surface area contributed by atoms with Crippen LogP contribution in [-0.4, -0.2) is 74.1 Å². The van der Waals surface area contributed by atoms with Gasteiger partial charge in [0, 0.05) is 66.8 Å². The number of fused-ring (bicyclic) bond motifs is 1. The van der Waals surface area contributed by atoms with Crippen LogP contribution < -0.4 is 14.7 Å². The molecule has 2 aromatic rings. The molecule has 3 saturated heterocycles. The molecule has 37 heavy (non-hydrogen) atoms. The molecule has 5 rings (SSSR count). The summed E-state index contributed by atoms with van der Waals surface area (Å²) in [6, 6.07) is 12.2. The molecule has 0 unspecified atom stereocenters. The second-order valence-electron chi connectivity index (χ2n) is 10.4. The van der Waals surface area contributed by atoms with Gasteiger partial charge in [-0.2, -0.15) is 0 Å². The van der Waals surface area contributed by atoms with Crippen molar-refractivity contribution in [1.29, 1.82) is 0 Å². The molecule has 0 bridgehead atoms. The predicted octanol–water partition coefficient (Wildman–Crippen LogP) is 5.54. The molecule has 3 fully saturated rings. The van der Waals surface area contributed by atoms with Crippen LogP contribution in [-0.2, 0) is 9.47 Å². The normalized spacial score (nSPS) is 23.9. The topological polar surface area (TPSA) is 41.1 Å². The first kappa shape index (κ1) is 26.9. The Balaban J connectivity index is 1.34. The van der Waals surface area contributed by atoms with Crippen molar-refractivity contribution in [2.24, 2.45) is 5.92 Å². The molecule has 4 heterocycles. The van der Waals surface area contributed by atoms with Gasteiger partial charge in [-0.3, -0.25) is 0 Å². The first-order valence-electron chi connectivity index (χ1n) is 14.0. The maximum absolute atomic E-state index is 14.2. The van der Waals surface area contributed by atoms with Crippen molar-refractivity contribution in [3.8, 4) is 0 Å². The minimum Gasteiger partial charge on any atom is -0.379 e. The molecule has 1 aromatic carbocycles. The van der Waals surface area contributed by atoms with Gasteiger partial charge in [-0.25, -0.2) is 9.37 Å². The number of aromatic nitrogens is 1. The molecule has 0 N–H and O–H groups in total. The molecule has 0 spiro atoms. The summed E-state index contributed by atoms with van der Waals surface area (Å²) in [4.78, 5) is 12.4. The monoisotopic (exact) mass is 622 g/mol. The van der Waals surface area contributed by atoms with E-state index in [1.807, 2.05) is 12.3 Å². The van der Waals surface area contributed by atoms with Crippen LogP contribution in [0.3, 0.4) is 0 Å². The maximum Gasteiger partial charge on any atom is 0.130 e. The fraction of sp³-hybridized carbons (Fsp3) is 0.621. The van der Waals surface area contributed by atoms with Gasteiger partial charge in [-0.1, -0.05) is 28.7 Å². The Kier molecular flexibility index (Phi) is 9.77. The molecule has 3 aliphatic rings. The SMILES string of the molecule is Fc1cccc(N2CCC[C@@H]3[C@H]2[C@H](CCOCCOCCI)CN3c2cc(N3CCCCC3)ccn2)c1. The summed E-state index contributed by atoms with van der Waals surface area (Å²) >= 11 is 2.32. The Morgan fingerprint density at radius 1 is 0.892 bits per heavy atom. The fourth-order valence-corrected chi connectivity index (χ4v) is 6.72. The molecule has 0 saturated carbocycles. The lowest BCUT2D eigenvalue weighted by Crippen LogP contribution is -2.52. The number of piperidine rings is 2. The van der Waals surface area contributed by atoms with Crippen molar-refractivity contribution >= 4 is 39.8 Å². The number of pyridine rings is 1. The van der Waals surface area contributed by atoms with Crippen molar-refractivity contribution in [3.05, 3.63) is 48.4 Å². The Morgan fingerprint density at radius 2 is 1.73 bits per heavy atom. The van der Waals surface area contributed by atoms with Crippen LogP contribution in [0.2, 0.25) is 0 Å². The van der Waals surface area contributed by atoms with Gasteiger partial charge in [0.15, 0.2) is 0 Å². The number of rotatable bonds is 11. The van der Waals surface area contributed by atoms with Gasteiger partial charge < -0.3 is 24.2 Å². The zero-order valence-electron chi connectivity index (χ0n) is 21.7. The van der Waals surface area contributed by atoms with Crippen molar-refractivity contribution in [3.63, 3.8) is 0 Å². The van der Waals surface area contributed by atoms with Crippen molar-refractivity contribution < 1.29 is 13.9 Å². The number of anilines is 3. The second kappa shape index (κ2) is 13.4. The number of nitrogens with zero attached hydrogens (tertiary/aromatic N) is 4. The molecule has 8 heteroatoms. The Labute approximate surface area is 234 Å². The van der Waals surface area contributed by atoms with Gasteiger partial charge in [-0.15, -0.1) is 0 Å². The first-order valence-corrected chi connectivity index (χ1v) is 15.5. The molecule has 0 radical (unpaired) electrons. The number of halogens is 2. The molecule has 0 amide bonds. The van der Waals surface area contributed by atoms with Crippen molar-refractivity contribution in [2.45, 2.75) is 50.6 Å². The zero-order valence-corrected chi connectivity index (χ0v) is 23.9. The van der Waals surface area contributed by atoms with Crippen molar-refractivity contribution in [1.82, 2.24) is 4.98 Å². The molecule has 6 nitrogen and oxygen atoms in total. The fourth-order valence-electron chi connectivity index (χ4n) is 6.41. The number of hydrogen-bond donors (Lipinski definition) is 0. The molecule has 3 atom stereocenters. The summed E-state index contributed by atoms with van der Waals surface area (Å²) in [7, 11) is 0. The molecular formula is C29H40FIN4O2. The number of alkyl halides is 1. The van der Waals surface area contributed by atoms with Gasteiger partial charge >= 0.3 is 0 Å². The van der Waals surface area contributed by atoms with Crippen LogP contribution >= 0.6 is 22.6 Å². The Hall–Kier alpha value is -1.65. The third kappa shape index (κ3) is 6.68. The summed E-state index contributed by atoms with van der Waals surface area (Å²) in [6.07, 6.45) is 9.04. The smallest absolute Gasteiger partial charge is 0.130 e. The minimum absolute atomic E-state index is 0.170. The summed E-state index contributed by atoms with van der Waals surface area (Å²) in [5.41, 5.74) is 2.28. The molecule has 0 aliphatic carbocycles. The highest BCUT2D eigenvalue weighted by molar-refractivity contribution is 14.1. The van der Waals surface area contributed by atoms with Crippen LogP contribution in [0.4, 0.5) is 21.6 Å². The molecule has 1 aromatic heterocycles. The second-order valence-corrected chi connectivity index (χ2v) is 11.5. The summed E-state index contributed by atoms with van der Waals surface area (Å²) in [5.74, 6) is 1.33. The van der Waals surface area contributed by atoms with E-state index in [4.69, 9.17) is 14.5 Å². The van der Waals surface area contributed by atoms with E-state index in [2.05, 4.69) is 55.5 Å². The van der Waals surface area contributed by atoms with E-state index in [0.717, 1.165) is 68.0 Å². The lowest BCUT2D eigenvalue weighted by atomic mass is 9.88. The minimum atomic E-state index is -0.170. The zero-order chi connectivity index (χ0) is 25.5. The van der Waals surface area contributed by atoms with E-state index in [-0.39, 0.29) is 5.82 Å². The quantitative estimate of drug-likeness (QED) is 0.186. The predicted molar refractivity (Wildman–Crippen MR) is 157 cm³/mol. The third-order valence-electron chi connectivity index (χ3n) is 8.08. The van der Waals surface area contributed by atoms with Crippen LogP contribution in [0.1, 0.15) is 38.5 Å². The van der Waals surface area contributed by atoms with Crippen LogP contribution in [0.25, 0.3) is 0 Å². The molecular weight excluding hydrogens is 582 g/mol. The van der Waals surface area contributed by atoms with Crippen LogP contribution in [0.5, 0.6) is 0 Å². The number of benzene rings is 1. The largest absolute Gasteiger partial charge is 0.379 e. The average Bonchev–Trinajstić information content (AvgIpc) is 3.32. The first-order chi connectivity index (χ1) is 18.2. The van der Waals surface area contributed by atoms with E-state index in [1.165, 1.54) is 31.0 Å². The van der Waals surface area contributed by atoms with Gasteiger partial charge in [0.25, 0.3) is 0 Å². The Morgan fingerprint density at radius 3 is 2.54 bits per heavy atom. The lowest BCUT2D eigenvalue weighted by Gasteiger charge is -2.43. The highest BCUT2D eigenvalue weighted by atomic mass is 127. The van der Waals surface area contributed by atoms with Crippen LogP contribution in [0.15, 0.2) is 42.6 Å². The third-order valence-corrected chi connectivity index (χ3v) is 8.52. The molecule has 3 aliphatic heterocycles. The van der Waals surface area contributed by atoms with Gasteiger partial charge in [-0.05, 0) is 62.8 Å². The van der Waals surface area contributed by atoms with E-state index in [0.29, 0.717) is 37.8 Å². The highest BCUT2D eigenvalue weighted by Gasteiger charge is 2.47. The standard InChI is InChI=1S/C29H40FIN4O2/c30-24-6-4-7-26(20-24)34-15-5-8-27-29(34)23(10-16-36-18-19-37-17-11-31)22-35(27)28-21-25(9-12-32-28)33-13-2-1-3-14-33/h4,6-7,9,12,20-21,23,27,29H,1-3,5,8,10-11,13-19,22H2/t23-,27-,29-/m1/s1. The number of hydrogen-bond acceptors (Lipinski definition) is 6. The summed E-state index contributed by atoms with van der Waals surface area (Å²) < 4.78 is 26.8. The van der Waals surface area contributed by atoms with E-state index in [1.54, 1.807) is 6.07 Å². The summed E-state index contributed by atoms with van der Waals surface area (Å²) in [5, 5.41) is 0. The average molecular weight is 623 g/mol. The molecule has 202 valence electrons. The van der Waals surface area contributed by atoms with Gasteiger partial charge in [0.1, 0.15) is 11.6 Å². The van der Waals surface area contributed by atoms with E-state index in [9.17, 15) is 4.39 Å². The summed E-state index contributed by atoms with van der Waals surface area (Å²) in [6.45, 7) is 6.94. The highest BCUT2D eigenvalue weighted by Crippen LogP contribution is 2.41. The Bertz CT molecular complexity index is 992. The van der Waals surface area contributed by atoms with Crippen molar-refractivity contribution in [2.75, 3.05) is 71.7 Å². The van der Waals surface area contributed by atoms with E-state index < -0.39 is 0 Å². The van der Waals surface area contributed by atoms with Crippen LogP contribution in [0, 0.1) is 11.7 Å². The lowest BCUT2D eigenvalue weighted by molar-refractivity contribution is 0.0486. The number of ether oxygens (including phenoxy) is 2.